The Labute approximate surface area is 126 Å². The normalized spacial score (nSPS) is 10.0. The SMILES string of the molecule is N#Cc1ccc(CNc2ncc(Br)cc2Br)c(F)c1. The minimum atomic E-state index is -0.403. The first-order valence-corrected chi connectivity index (χ1v) is 6.92. The summed E-state index contributed by atoms with van der Waals surface area (Å²) in [6.07, 6.45) is 1.65. The predicted molar refractivity (Wildman–Crippen MR) is 78.1 cm³/mol. The molecule has 0 saturated carbocycles. The maximum Gasteiger partial charge on any atom is 0.140 e. The minimum Gasteiger partial charge on any atom is -0.365 e. The maximum absolute atomic E-state index is 13.7. The number of nitrogens with one attached hydrogen (secondary N) is 1. The van der Waals surface area contributed by atoms with Crippen molar-refractivity contribution in [1.82, 2.24) is 4.98 Å². The van der Waals surface area contributed by atoms with Gasteiger partial charge < -0.3 is 5.32 Å². The van der Waals surface area contributed by atoms with E-state index in [9.17, 15) is 4.39 Å². The molecule has 3 nitrogen and oxygen atoms in total. The molecule has 0 spiro atoms. The van der Waals surface area contributed by atoms with Crippen LogP contribution >= 0.6 is 31.9 Å². The van der Waals surface area contributed by atoms with Crippen molar-refractivity contribution < 1.29 is 4.39 Å². The second-order valence-corrected chi connectivity index (χ2v) is 5.53. The number of nitrogens with zero attached hydrogens (tertiary/aromatic N) is 2. The van der Waals surface area contributed by atoms with E-state index in [-0.39, 0.29) is 0 Å². The van der Waals surface area contributed by atoms with Crippen LogP contribution in [0.1, 0.15) is 11.1 Å². The van der Waals surface area contributed by atoms with Crippen molar-refractivity contribution >= 4 is 37.7 Å². The zero-order valence-electron chi connectivity index (χ0n) is 9.62. The third-order valence-electron chi connectivity index (χ3n) is 2.44. The fourth-order valence-corrected chi connectivity index (χ4v) is 2.61. The van der Waals surface area contributed by atoms with Gasteiger partial charge in [-0.05, 0) is 50.1 Å². The lowest BCUT2D eigenvalue weighted by molar-refractivity contribution is 0.612. The van der Waals surface area contributed by atoms with Crippen molar-refractivity contribution in [3.05, 3.63) is 56.4 Å². The fraction of sp³-hybridized carbons (Fsp3) is 0.0769. The summed E-state index contributed by atoms with van der Waals surface area (Å²) in [4.78, 5) is 4.18. The molecule has 0 aliphatic carbocycles. The molecule has 0 radical (unpaired) electrons. The van der Waals surface area contributed by atoms with Gasteiger partial charge in [-0.1, -0.05) is 6.07 Å². The molecule has 0 unspecified atom stereocenters. The molecule has 19 heavy (non-hydrogen) atoms. The highest BCUT2D eigenvalue weighted by Gasteiger charge is 2.06. The van der Waals surface area contributed by atoms with Gasteiger partial charge in [-0.15, -0.1) is 0 Å². The van der Waals surface area contributed by atoms with Gasteiger partial charge in [-0.2, -0.15) is 5.26 Å². The quantitative estimate of drug-likeness (QED) is 0.861. The lowest BCUT2D eigenvalue weighted by Gasteiger charge is -2.08. The van der Waals surface area contributed by atoms with E-state index in [4.69, 9.17) is 5.26 Å². The monoisotopic (exact) mass is 383 g/mol. The van der Waals surface area contributed by atoms with Gasteiger partial charge in [0.1, 0.15) is 11.6 Å². The van der Waals surface area contributed by atoms with Gasteiger partial charge in [0, 0.05) is 22.8 Å². The van der Waals surface area contributed by atoms with Gasteiger partial charge in [-0.3, -0.25) is 0 Å². The molecule has 1 aromatic heterocycles. The molecule has 1 aromatic carbocycles. The maximum atomic E-state index is 13.7. The number of anilines is 1. The summed E-state index contributed by atoms with van der Waals surface area (Å²) in [6.45, 7) is 0.296. The van der Waals surface area contributed by atoms with Crippen LogP contribution < -0.4 is 5.32 Å². The molecule has 1 N–H and O–H groups in total. The molecule has 0 amide bonds. The number of aromatic nitrogens is 1. The van der Waals surface area contributed by atoms with Crippen LogP contribution in [0.15, 0.2) is 39.4 Å². The first-order chi connectivity index (χ1) is 9.10. The summed E-state index contributed by atoms with van der Waals surface area (Å²) in [7, 11) is 0. The fourth-order valence-electron chi connectivity index (χ4n) is 1.48. The van der Waals surface area contributed by atoms with Crippen LogP contribution in [0.2, 0.25) is 0 Å². The van der Waals surface area contributed by atoms with Crippen LogP contribution in [0.4, 0.5) is 10.2 Å². The molecule has 0 bridgehead atoms. The Morgan fingerprint density at radius 2 is 2.11 bits per heavy atom. The summed E-state index contributed by atoms with van der Waals surface area (Å²) in [5.74, 6) is 0.228. The number of nitriles is 1. The number of hydrogen-bond acceptors (Lipinski definition) is 3. The molecular weight excluding hydrogens is 377 g/mol. The van der Waals surface area contributed by atoms with Crippen LogP contribution in [-0.4, -0.2) is 4.98 Å². The van der Waals surface area contributed by atoms with E-state index >= 15 is 0 Å². The molecule has 2 aromatic rings. The molecule has 0 saturated heterocycles. The topological polar surface area (TPSA) is 48.7 Å². The van der Waals surface area contributed by atoms with Gasteiger partial charge in [-0.25, -0.2) is 9.37 Å². The second-order valence-electron chi connectivity index (χ2n) is 3.76. The standard InChI is InChI=1S/C13H8Br2FN3/c14-10-4-11(15)13(19-7-10)18-6-9-2-1-8(5-17)3-12(9)16/h1-4,7H,6H2,(H,18,19). The van der Waals surface area contributed by atoms with Gasteiger partial charge in [0.05, 0.1) is 16.1 Å². The Morgan fingerprint density at radius 1 is 1.32 bits per heavy atom. The van der Waals surface area contributed by atoms with Crippen molar-refractivity contribution in [2.75, 3.05) is 5.32 Å². The van der Waals surface area contributed by atoms with Crippen LogP contribution in [0, 0.1) is 17.1 Å². The first-order valence-electron chi connectivity index (χ1n) is 5.33. The average Bonchev–Trinajstić information content (AvgIpc) is 2.39. The molecular formula is C13H8Br2FN3. The Bertz CT molecular complexity index is 653. The molecule has 6 heteroatoms. The van der Waals surface area contributed by atoms with Crippen LogP contribution in [0.25, 0.3) is 0 Å². The smallest absolute Gasteiger partial charge is 0.140 e. The summed E-state index contributed by atoms with van der Waals surface area (Å²) in [5, 5.41) is 11.7. The summed E-state index contributed by atoms with van der Waals surface area (Å²) >= 11 is 6.68. The van der Waals surface area contributed by atoms with Crippen LogP contribution in [-0.2, 0) is 6.54 Å². The summed E-state index contributed by atoms with van der Waals surface area (Å²) < 4.78 is 15.3. The van der Waals surface area contributed by atoms with Crippen molar-refractivity contribution in [2.45, 2.75) is 6.54 Å². The molecule has 0 atom stereocenters. The van der Waals surface area contributed by atoms with Crippen molar-refractivity contribution in [1.29, 1.82) is 5.26 Å². The number of halogens is 3. The first kappa shape index (κ1) is 14.0. The number of rotatable bonds is 3. The zero-order valence-corrected chi connectivity index (χ0v) is 12.8. The Kier molecular flexibility index (Phi) is 4.51. The average molecular weight is 385 g/mol. The lowest BCUT2D eigenvalue weighted by atomic mass is 10.1. The molecule has 1 heterocycles. The van der Waals surface area contributed by atoms with E-state index < -0.39 is 5.82 Å². The largest absolute Gasteiger partial charge is 0.365 e. The third-order valence-corrected chi connectivity index (χ3v) is 3.47. The molecule has 0 aliphatic heterocycles. The predicted octanol–water partition coefficient (Wildman–Crippen LogP) is 4.23. The third kappa shape index (κ3) is 3.52. The van der Waals surface area contributed by atoms with E-state index in [1.165, 1.54) is 6.07 Å². The van der Waals surface area contributed by atoms with Crippen molar-refractivity contribution in [3.63, 3.8) is 0 Å². The Hall–Kier alpha value is -1.45. The number of pyridine rings is 1. The van der Waals surface area contributed by atoms with Gasteiger partial charge in [0.15, 0.2) is 0 Å². The minimum absolute atomic E-state index is 0.296. The van der Waals surface area contributed by atoms with Crippen LogP contribution in [0.3, 0.4) is 0 Å². The molecule has 0 aliphatic rings. The highest BCUT2D eigenvalue weighted by atomic mass is 79.9. The molecule has 0 fully saturated rings. The Morgan fingerprint density at radius 3 is 2.74 bits per heavy atom. The number of benzene rings is 1. The van der Waals surface area contributed by atoms with Crippen molar-refractivity contribution in [2.24, 2.45) is 0 Å². The van der Waals surface area contributed by atoms with Crippen LogP contribution in [0.5, 0.6) is 0 Å². The lowest BCUT2D eigenvalue weighted by Crippen LogP contribution is -2.04. The van der Waals surface area contributed by atoms with Gasteiger partial charge in [0.2, 0.25) is 0 Å². The molecule has 2 rings (SSSR count). The highest BCUT2D eigenvalue weighted by Crippen LogP contribution is 2.24. The highest BCUT2D eigenvalue weighted by molar-refractivity contribution is 9.11. The van der Waals surface area contributed by atoms with E-state index in [2.05, 4.69) is 42.2 Å². The number of hydrogen-bond donors (Lipinski definition) is 1. The van der Waals surface area contributed by atoms with Gasteiger partial charge >= 0.3 is 0 Å². The Balaban J connectivity index is 2.13. The van der Waals surface area contributed by atoms with Crippen molar-refractivity contribution in [3.8, 4) is 6.07 Å². The van der Waals surface area contributed by atoms with E-state index in [1.807, 2.05) is 12.1 Å². The van der Waals surface area contributed by atoms with E-state index in [0.717, 1.165) is 8.95 Å². The summed E-state index contributed by atoms with van der Waals surface area (Å²) in [6, 6.07) is 8.15. The summed E-state index contributed by atoms with van der Waals surface area (Å²) in [5.41, 5.74) is 0.791. The zero-order chi connectivity index (χ0) is 13.8. The molecule has 96 valence electrons. The second kappa shape index (κ2) is 6.13. The van der Waals surface area contributed by atoms with Gasteiger partial charge in [0.25, 0.3) is 0 Å². The van der Waals surface area contributed by atoms with E-state index in [1.54, 1.807) is 18.3 Å². The van der Waals surface area contributed by atoms with E-state index in [0.29, 0.717) is 23.5 Å².